The topological polar surface area (TPSA) is 61.9 Å². The van der Waals surface area contributed by atoms with Crippen molar-refractivity contribution in [3.63, 3.8) is 0 Å². The Hall–Kier alpha value is -0.210. The van der Waals surface area contributed by atoms with E-state index in [2.05, 4.69) is 5.32 Å². The first kappa shape index (κ1) is 13.2. The Morgan fingerprint density at radius 1 is 1.41 bits per heavy atom. The molecule has 1 atom stereocenters. The molecule has 2 rings (SSSR count). The lowest BCUT2D eigenvalue weighted by molar-refractivity contribution is 0.0695. The normalized spacial score (nSPS) is 27.8. The highest BCUT2D eigenvalue weighted by molar-refractivity contribution is 7.86. The van der Waals surface area contributed by atoms with E-state index < -0.39 is 10.2 Å². The Morgan fingerprint density at radius 3 is 2.65 bits per heavy atom. The average molecular weight is 263 g/mol. The van der Waals surface area contributed by atoms with Gasteiger partial charge in [-0.15, -0.1) is 0 Å². The lowest BCUT2D eigenvalue weighted by Crippen LogP contribution is -2.52. The smallest absolute Gasteiger partial charge is 0.282 e. The van der Waals surface area contributed by atoms with Crippen LogP contribution < -0.4 is 5.32 Å². The van der Waals surface area contributed by atoms with Crippen molar-refractivity contribution in [1.82, 2.24) is 13.9 Å². The molecular weight excluding hydrogens is 242 g/mol. The Bertz CT molecular complexity index is 335. The third-order valence-electron chi connectivity index (χ3n) is 3.35. The van der Waals surface area contributed by atoms with Crippen LogP contribution >= 0.6 is 0 Å². The summed E-state index contributed by atoms with van der Waals surface area (Å²) in [6, 6.07) is 0.104. The van der Waals surface area contributed by atoms with Gasteiger partial charge in [0.25, 0.3) is 10.2 Å². The van der Waals surface area contributed by atoms with Gasteiger partial charge in [0.2, 0.25) is 0 Å². The van der Waals surface area contributed by atoms with Crippen LogP contribution in [0.2, 0.25) is 0 Å². The monoisotopic (exact) mass is 263 g/mol. The van der Waals surface area contributed by atoms with Gasteiger partial charge in [0, 0.05) is 32.2 Å². The van der Waals surface area contributed by atoms with E-state index in [1.165, 1.54) is 0 Å². The molecule has 17 heavy (non-hydrogen) atoms. The zero-order valence-corrected chi connectivity index (χ0v) is 11.1. The Balaban J connectivity index is 2.10. The lowest BCUT2D eigenvalue weighted by Gasteiger charge is -2.34. The maximum Gasteiger partial charge on any atom is 0.282 e. The van der Waals surface area contributed by atoms with Crippen LogP contribution in [0.4, 0.5) is 0 Å². The number of nitrogens with one attached hydrogen (secondary N) is 1. The summed E-state index contributed by atoms with van der Waals surface area (Å²) in [5.74, 6) is 0. The van der Waals surface area contributed by atoms with Crippen molar-refractivity contribution in [1.29, 1.82) is 0 Å². The largest absolute Gasteiger partial charge is 0.379 e. The number of hydrogen-bond acceptors (Lipinski definition) is 4. The quantitative estimate of drug-likeness (QED) is 0.725. The number of hydrogen-bond donors (Lipinski definition) is 1. The highest BCUT2D eigenvalue weighted by Crippen LogP contribution is 2.17. The van der Waals surface area contributed by atoms with Gasteiger partial charge < -0.3 is 10.1 Å². The summed E-state index contributed by atoms with van der Waals surface area (Å²) < 4.78 is 33.3. The highest BCUT2D eigenvalue weighted by atomic mass is 32.2. The molecule has 7 heteroatoms. The second-order valence-electron chi connectivity index (χ2n) is 4.37. The number of likely N-dealkylation sites (N-methyl/N-ethyl adjacent to an activating group) is 1. The fourth-order valence-corrected chi connectivity index (χ4v) is 4.21. The molecule has 0 radical (unpaired) electrons. The predicted octanol–water partition coefficient (Wildman–Crippen LogP) is -0.753. The molecule has 0 aromatic heterocycles. The molecule has 1 N–H and O–H groups in total. The minimum atomic E-state index is -3.31. The second kappa shape index (κ2) is 5.62. The molecule has 6 nitrogen and oxygen atoms in total. The molecule has 1 unspecified atom stereocenters. The maximum absolute atomic E-state index is 12.5. The molecule has 0 aromatic carbocycles. The molecule has 0 amide bonds. The van der Waals surface area contributed by atoms with Gasteiger partial charge in [0.1, 0.15) is 0 Å². The molecule has 2 aliphatic heterocycles. The molecule has 0 saturated carbocycles. The van der Waals surface area contributed by atoms with Gasteiger partial charge in [-0.2, -0.15) is 17.0 Å². The second-order valence-corrected chi connectivity index (χ2v) is 6.25. The fraction of sp³-hybridized carbons (Fsp3) is 1.00. The summed E-state index contributed by atoms with van der Waals surface area (Å²) in [5, 5.41) is 3.21. The molecule has 2 saturated heterocycles. The van der Waals surface area contributed by atoms with Crippen LogP contribution in [0.15, 0.2) is 0 Å². The fourth-order valence-electron chi connectivity index (χ4n) is 2.42. The SMILES string of the molecule is CCN(C1CCNC1)S(=O)(=O)N1CCOCC1. The van der Waals surface area contributed by atoms with Crippen LogP contribution in [0.5, 0.6) is 0 Å². The molecule has 2 heterocycles. The van der Waals surface area contributed by atoms with E-state index >= 15 is 0 Å². The molecule has 2 fully saturated rings. The first-order chi connectivity index (χ1) is 8.16. The first-order valence-corrected chi connectivity index (χ1v) is 7.61. The maximum atomic E-state index is 12.5. The molecular formula is C10H21N3O3S. The summed E-state index contributed by atoms with van der Waals surface area (Å²) in [6.45, 7) is 6.04. The standard InChI is InChI=1S/C10H21N3O3S/c1-2-13(10-3-4-11-9-10)17(14,15)12-5-7-16-8-6-12/h10-11H,2-9H2,1H3. The first-order valence-electron chi connectivity index (χ1n) is 6.21. The molecule has 0 spiro atoms. The van der Waals surface area contributed by atoms with Gasteiger partial charge in [-0.3, -0.25) is 0 Å². The van der Waals surface area contributed by atoms with Crippen molar-refractivity contribution < 1.29 is 13.2 Å². The number of ether oxygens (including phenoxy) is 1. The van der Waals surface area contributed by atoms with E-state index in [4.69, 9.17) is 4.74 Å². The molecule has 0 aromatic rings. The van der Waals surface area contributed by atoms with Crippen LogP contribution in [0.3, 0.4) is 0 Å². The van der Waals surface area contributed by atoms with E-state index in [1.54, 1.807) is 8.61 Å². The van der Waals surface area contributed by atoms with Gasteiger partial charge in [0.05, 0.1) is 13.2 Å². The van der Waals surface area contributed by atoms with Gasteiger partial charge in [-0.1, -0.05) is 6.92 Å². The number of nitrogens with zero attached hydrogens (tertiary/aromatic N) is 2. The summed E-state index contributed by atoms with van der Waals surface area (Å²) in [4.78, 5) is 0. The van der Waals surface area contributed by atoms with Crippen LogP contribution in [-0.2, 0) is 14.9 Å². The molecule has 2 aliphatic rings. The lowest BCUT2D eigenvalue weighted by atomic mass is 10.3. The number of rotatable bonds is 4. The van der Waals surface area contributed by atoms with E-state index in [-0.39, 0.29) is 6.04 Å². The van der Waals surface area contributed by atoms with E-state index in [1.807, 2.05) is 6.92 Å². The number of morpholine rings is 1. The molecule has 100 valence electrons. The van der Waals surface area contributed by atoms with Crippen LogP contribution in [0, 0.1) is 0 Å². The van der Waals surface area contributed by atoms with Crippen LogP contribution in [0.25, 0.3) is 0 Å². The summed E-state index contributed by atoms with van der Waals surface area (Å²) in [6.07, 6.45) is 0.900. The minimum Gasteiger partial charge on any atom is -0.379 e. The molecule has 0 bridgehead atoms. The van der Waals surface area contributed by atoms with Crippen molar-refractivity contribution >= 4 is 10.2 Å². The summed E-state index contributed by atoms with van der Waals surface area (Å²) in [5.41, 5.74) is 0. The van der Waals surface area contributed by atoms with Crippen molar-refractivity contribution in [3.05, 3.63) is 0 Å². The highest BCUT2D eigenvalue weighted by Gasteiger charge is 2.35. The van der Waals surface area contributed by atoms with E-state index in [9.17, 15) is 8.42 Å². The van der Waals surface area contributed by atoms with Crippen LogP contribution in [-0.4, -0.2) is 69.0 Å². The zero-order chi connectivity index (χ0) is 12.3. The van der Waals surface area contributed by atoms with Crippen molar-refractivity contribution in [2.45, 2.75) is 19.4 Å². The van der Waals surface area contributed by atoms with Crippen LogP contribution in [0.1, 0.15) is 13.3 Å². The van der Waals surface area contributed by atoms with E-state index in [0.29, 0.717) is 32.8 Å². The van der Waals surface area contributed by atoms with Crippen molar-refractivity contribution in [2.24, 2.45) is 0 Å². The third-order valence-corrected chi connectivity index (χ3v) is 5.51. The van der Waals surface area contributed by atoms with E-state index in [0.717, 1.165) is 19.5 Å². The third kappa shape index (κ3) is 2.79. The Kier molecular flexibility index (Phi) is 4.37. The predicted molar refractivity (Wildman–Crippen MR) is 65.0 cm³/mol. The van der Waals surface area contributed by atoms with Gasteiger partial charge >= 0.3 is 0 Å². The average Bonchev–Trinajstić information content (AvgIpc) is 2.84. The Labute approximate surface area is 103 Å². The Morgan fingerprint density at radius 2 is 2.12 bits per heavy atom. The van der Waals surface area contributed by atoms with Gasteiger partial charge in [-0.05, 0) is 13.0 Å². The summed E-state index contributed by atoms with van der Waals surface area (Å²) in [7, 11) is -3.31. The minimum absolute atomic E-state index is 0.104. The van der Waals surface area contributed by atoms with Crippen molar-refractivity contribution in [2.75, 3.05) is 45.9 Å². The summed E-state index contributed by atoms with van der Waals surface area (Å²) >= 11 is 0. The van der Waals surface area contributed by atoms with Gasteiger partial charge in [0.15, 0.2) is 0 Å². The molecule has 0 aliphatic carbocycles. The van der Waals surface area contributed by atoms with Crippen molar-refractivity contribution in [3.8, 4) is 0 Å². The van der Waals surface area contributed by atoms with Gasteiger partial charge in [-0.25, -0.2) is 0 Å². The zero-order valence-electron chi connectivity index (χ0n) is 10.3.